The third kappa shape index (κ3) is 1.97. The van der Waals surface area contributed by atoms with E-state index in [2.05, 4.69) is 4.98 Å². The molecule has 0 radical (unpaired) electrons. The van der Waals surface area contributed by atoms with Crippen molar-refractivity contribution in [2.75, 3.05) is 0 Å². The number of aryl methyl sites for hydroxylation is 1. The van der Waals surface area contributed by atoms with Crippen LogP contribution in [0.25, 0.3) is 11.3 Å². The fourth-order valence-electron chi connectivity index (χ4n) is 2.34. The predicted octanol–water partition coefficient (Wildman–Crippen LogP) is 2.92. The van der Waals surface area contributed by atoms with Gasteiger partial charge in [-0.2, -0.15) is 0 Å². The zero-order valence-corrected chi connectivity index (χ0v) is 11.0. The van der Waals surface area contributed by atoms with E-state index in [1.165, 1.54) is 18.2 Å². The Bertz CT molecular complexity index is 824. The number of fused-ring (bicyclic) bond motifs is 1. The van der Waals surface area contributed by atoms with Crippen molar-refractivity contribution in [3.63, 3.8) is 0 Å². The van der Waals surface area contributed by atoms with Crippen molar-refractivity contribution in [3.05, 3.63) is 69.0 Å². The van der Waals surface area contributed by atoms with Gasteiger partial charge in [-0.15, -0.1) is 0 Å². The number of nitro benzene ring substituents is 1. The Hall–Kier alpha value is -3.02. The van der Waals surface area contributed by atoms with E-state index in [4.69, 9.17) is 0 Å². The first-order valence-electron chi connectivity index (χ1n) is 6.20. The normalized spacial score (nSPS) is 13.5. The van der Waals surface area contributed by atoms with Crippen LogP contribution in [0.3, 0.4) is 0 Å². The third-order valence-electron chi connectivity index (χ3n) is 3.32. The zero-order chi connectivity index (χ0) is 15.1. The van der Waals surface area contributed by atoms with Gasteiger partial charge in [0.1, 0.15) is 5.76 Å². The zero-order valence-electron chi connectivity index (χ0n) is 11.0. The van der Waals surface area contributed by atoms with Gasteiger partial charge in [0.15, 0.2) is 5.78 Å². The van der Waals surface area contributed by atoms with Crippen LogP contribution in [0.15, 0.2) is 36.4 Å². The van der Waals surface area contributed by atoms with Crippen LogP contribution in [0.4, 0.5) is 5.69 Å². The number of carbonyl (C=O) groups is 1. The molecular formula is C15H10N2O4. The Labute approximate surface area is 119 Å². The average Bonchev–Trinajstić information content (AvgIpc) is 2.70. The number of rotatable bonds is 2. The Morgan fingerprint density at radius 2 is 1.95 bits per heavy atom. The van der Waals surface area contributed by atoms with E-state index in [-0.39, 0.29) is 33.9 Å². The van der Waals surface area contributed by atoms with Crippen LogP contribution in [-0.2, 0) is 0 Å². The molecule has 0 bridgehead atoms. The molecule has 0 atom stereocenters. The number of aliphatic hydroxyl groups excluding tert-OH is 1. The lowest BCUT2D eigenvalue weighted by Crippen LogP contribution is -2.01. The van der Waals surface area contributed by atoms with Crippen LogP contribution in [-0.4, -0.2) is 20.8 Å². The van der Waals surface area contributed by atoms with E-state index < -0.39 is 4.92 Å². The lowest BCUT2D eigenvalue weighted by atomic mass is 10.1. The average molecular weight is 282 g/mol. The number of hydrogen-bond donors (Lipinski definition) is 1. The minimum absolute atomic E-state index is 0.0780. The predicted molar refractivity (Wildman–Crippen MR) is 75.8 cm³/mol. The van der Waals surface area contributed by atoms with Crippen LogP contribution in [0, 0.1) is 17.0 Å². The molecule has 0 fully saturated rings. The minimum Gasteiger partial charge on any atom is -0.506 e. The Morgan fingerprint density at radius 3 is 2.62 bits per heavy atom. The molecular weight excluding hydrogens is 272 g/mol. The third-order valence-corrected chi connectivity index (χ3v) is 3.32. The van der Waals surface area contributed by atoms with Crippen molar-refractivity contribution >= 4 is 22.8 Å². The second-order valence-corrected chi connectivity index (χ2v) is 4.70. The number of aliphatic hydroxyl groups is 1. The molecule has 0 spiro atoms. The molecule has 1 aromatic carbocycles. The molecule has 0 saturated heterocycles. The highest BCUT2D eigenvalue weighted by Crippen LogP contribution is 2.37. The second-order valence-electron chi connectivity index (χ2n) is 4.70. The highest BCUT2D eigenvalue weighted by molar-refractivity contribution is 6.38. The molecule has 0 saturated carbocycles. The highest BCUT2D eigenvalue weighted by Gasteiger charge is 2.32. The van der Waals surface area contributed by atoms with Crippen molar-refractivity contribution in [2.24, 2.45) is 0 Å². The molecule has 0 amide bonds. The van der Waals surface area contributed by atoms with Crippen LogP contribution >= 0.6 is 0 Å². The number of ketones is 1. The first kappa shape index (κ1) is 13.0. The van der Waals surface area contributed by atoms with E-state index in [0.717, 1.165) is 0 Å². The largest absolute Gasteiger partial charge is 0.506 e. The topological polar surface area (TPSA) is 93.3 Å². The number of allylic oxidation sites excluding steroid dienone is 1. The minimum atomic E-state index is -0.569. The number of pyridine rings is 1. The van der Waals surface area contributed by atoms with E-state index in [1.807, 2.05) is 0 Å². The van der Waals surface area contributed by atoms with Gasteiger partial charge in [-0.25, -0.2) is 0 Å². The van der Waals surface area contributed by atoms with Crippen LogP contribution < -0.4 is 0 Å². The SMILES string of the molecule is Cc1cccc(C2=C(O)c3cc([N+](=O)[O-])ccc3C2=O)n1. The van der Waals surface area contributed by atoms with E-state index in [0.29, 0.717) is 11.4 Å². The molecule has 1 aliphatic rings. The van der Waals surface area contributed by atoms with Gasteiger partial charge in [0.25, 0.3) is 5.69 Å². The van der Waals surface area contributed by atoms with Gasteiger partial charge in [-0.1, -0.05) is 6.07 Å². The lowest BCUT2D eigenvalue weighted by Gasteiger charge is -2.02. The number of benzene rings is 1. The molecule has 3 rings (SSSR count). The van der Waals surface area contributed by atoms with Crippen molar-refractivity contribution in [1.29, 1.82) is 0 Å². The number of nitrogens with zero attached hydrogens (tertiary/aromatic N) is 2. The second kappa shape index (κ2) is 4.52. The Balaban J connectivity index is 2.19. The summed E-state index contributed by atoms with van der Waals surface area (Å²) in [5.41, 5.74) is 1.39. The fraction of sp³-hybridized carbons (Fsp3) is 0.0667. The maximum atomic E-state index is 12.4. The van der Waals surface area contributed by atoms with E-state index in [9.17, 15) is 20.0 Å². The van der Waals surface area contributed by atoms with Gasteiger partial charge in [0.05, 0.1) is 16.2 Å². The number of Topliss-reactive ketones (excluding diaryl/α,β-unsaturated/α-hetero) is 1. The maximum absolute atomic E-state index is 12.4. The summed E-state index contributed by atoms with van der Waals surface area (Å²) in [4.78, 5) is 26.8. The van der Waals surface area contributed by atoms with Gasteiger partial charge in [-0.05, 0) is 25.1 Å². The molecule has 104 valence electrons. The number of aromatic nitrogens is 1. The summed E-state index contributed by atoms with van der Waals surface area (Å²) in [5, 5.41) is 21.1. The monoisotopic (exact) mass is 282 g/mol. The summed E-state index contributed by atoms with van der Waals surface area (Å²) in [5.74, 6) is -0.646. The summed E-state index contributed by atoms with van der Waals surface area (Å²) in [6, 6.07) is 8.93. The lowest BCUT2D eigenvalue weighted by molar-refractivity contribution is -0.384. The number of hydrogen-bond acceptors (Lipinski definition) is 5. The van der Waals surface area contributed by atoms with Crippen LogP contribution in [0.2, 0.25) is 0 Å². The van der Waals surface area contributed by atoms with Crippen molar-refractivity contribution in [2.45, 2.75) is 6.92 Å². The van der Waals surface area contributed by atoms with E-state index >= 15 is 0 Å². The number of carbonyl (C=O) groups excluding carboxylic acids is 1. The van der Waals surface area contributed by atoms with Gasteiger partial charge >= 0.3 is 0 Å². The van der Waals surface area contributed by atoms with Crippen molar-refractivity contribution in [1.82, 2.24) is 4.98 Å². The first-order chi connectivity index (χ1) is 9.99. The van der Waals surface area contributed by atoms with E-state index in [1.54, 1.807) is 25.1 Å². The fourth-order valence-corrected chi connectivity index (χ4v) is 2.34. The number of non-ortho nitro benzene ring substituents is 1. The molecule has 1 N–H and O–H groups in total. The molecule has 0 unspecified atom stereocenters. The summed E-state index contributed by atoms with van der Waals surface area (Å²) in [6.07, 6.45) is 0. The molecule has 1 aliphatic carbocycles. The summed E-state index contributed by atoms with van der Waals surface area (Å²) in [6.45, 7) is 1.78. The maximum Gasteiger partial charge on any atom is 0.270 e. The molecule has 6 heteroatoms. The molecule has 2 aromatic rings. The van der Waals surface area contributed by atoms with Crippen molar-refractivity contribution in [3.8, 4) is 0 Å². The van der Waals surface area contributed by atoms with Crippen LogP contribution in [0.5, 0.6) is 0 Å². The molecule has 21 heavy (non-hydrogen) atoms. The van der Waals surface area contributed by atoms with Gasteiger partial charge in [0.2, 0.25) is 0 Å². The van der Waals surface area contributed by atoms with Gasteiger partial charge < -0.3 is 5.11 Å². The summed E-state index contributed by atoms with van der Waals surface area (Å²) in [7, 11) is 0. The Kier molecular flexibility index (Phi) is 2.79. The molecule has 0 aliphatic heterocycles. The van der Waals surface area contributed by atoms with Gasteiger partial charge in [0, 0.05) is 29.0 Å². The standard InChI is InChI=1S/C15H10N2O4/c1-8-3-2-4-12(16-8)13-14(18)10-6-5-9(17(20)21)7-11(10)15(13)19/h2-7,19H,1H3. The summed E-state index contributed by atoms with van der Waals surface area (Å²) < 4.78 is 0. The summed E-state index contributed by atoms with van der Waals surface area (Å²) >= 11 is 0. The Morgan fingerprint density at radius 1 is 1.19 bits per heavy atom. The smallest absolute Gasteiger partial charge is 0.270 e. The molecule has 1 heterocycles. The quantitative estimate of drug-likeness (QED) is 0.675. The van der Waals surface area contributed by atoms with Gasteiger partial charge in [-0.3, -0.25) is 19.9 Å². The molecule has 6 nitrogen and oxygen atoms in total. The highest BCUT2D eigenvalue weighted by atomic mass is 16.6. The molecule has 1 aromatic heterocycles. The van der Waals surface area contributed by atoms with Crippen molar-refractivity contribution < 1.29 is 14.8 Å². The van der Waals surface area contributed by atoms with Crippen LogP contribution in [0.1, 0.15) is 27.3 Å². The first-order valence-corrected chi connectivity index (χ1v) is 6.20. The number of nitro groups is 1.